The smallest absolute Gasteiger partial charge is 0.365 e. The molecule has 1 heterocycles. The van der Waals surface area contributed by atoms with E-state index in [0.717, 1.165) is 12.8 Å². The van der Waals surface area contributed by atoms with E-state index in [2.05, 4.69) is 10.1 Å². The van der Waals surface area contributed by atoms with Gasteiger partial charge >= 0.3 is 12.2 Å². The van der Waals surface area contributed by atoms with Crippen molar-refractivity contribution in [3.8, 4) is 0 Å². The van der Waals surface area contributed by atoms with Crippen LogP contribution in [0.4, 0.5) is 18.0 Å². The standard InChI is InChI=1S/C15H19F3N2O2/c16-15(17,18)11-22-13-9-20(10-13)14(21)19-8-4-7-12-5-2-1-3-6-12/h1-3,5-6,13H,4,7-11H2,(H,19,21). The number of carbonyl (C=O) groups excluding carboxylic acids is 1. The number of hydrogen-bond acceptors (Lipinski definition) is 2. The number of halogens is 3. The second-order valence-electron chi connectivity index (χ2n) is 5.27. The van der Waals surface area contributed by atoms with Crippen LogP contribution in [0.5, 0.6) is 0 Å². The molecule has 1 aromatic rings. The number of alkyl halides is 3. The summed E-state index contributed by atoms with van der Waals surface area (Å²) < 4.78 is 40.5. The second-order valence-corrected chi connectivity index (χ2v) is 5.27. The molecule has 1 saturated heterocycles. The quantitative estimate of drug-likeness (QED) is 0.820. The zero-order valence-corrected chi connectivity index (χ0v) is 12.1. The summed E-state index contributed by atoms with van der Waals surface area (Å²) in [4.78, 5) is 13.2. The van der Waals surface area contributed by atoms with E-state index in [0.29, 0.717) is 6.54 Å². The first-order valence-electron chi connectivity index (χ1n) is 7.19. The summed E-state index contributed by atoms with van der Waals surface area (Å²) >= 11 is 0. The molecule has 0 atom stereocenters. The summed E-state index contributed by atoms with van der Waals surface area (Å²) in [7, 11) is 0. The van der Waals surface area contributed by atoms with Gasteiger partial charge in [-0.05, 0) is 18.4 Å². The Kier molecular flexibility index (Phi) is 5.65. The largest absolute Gasteiger partial charge is 0.411 e. The Balaban J connectivity index is 1.54. The van der Waals surface area contributed by atoms with Gasteiger partial charge in [-0.25, -0.2) is 4.79 Å². The molecule has 0 aromatic heterocycles. The minimum absolute atomic E-state index is 0.209. The van der Waals surface area contributed by atoms with Crippen LogP contribution in [0.2, 0.25) is 0 Å². The molecule has 122 valence electrons. The van der Waals surface area contributed by atoms with Crippen molar-refractivity contribution in [2.75, 3.05) is 26.2 Å². The fourth-order valence-corrected chi connectivity index (χ4v) is 2.17. The number of rotatable bonds is 6. The van der Waals surface area contributed by atoms with Gasteiger partial charge in [0.25, 0.3) is 0 Å². The first-order chi connectivity index (χ1) is 10.4. The van der Waals surface area contributed by atoms with E-state index in [4.69, 9.17) is 0 Å². The highest BCUT2D eigenvalue weighted by Crippen LogP contribution is 2.19. The monoisotopic (exact) mass is 316 g/mol. The number of amides is 2. The van der Waals surface area contributed by atoms with Gasteiger partial charge in [0, 0.05) is 6.54 Å². The Morgan fingerprint density at radius 3 is 2.59 bits per heavy atom. The van der Waals surface area contributed by atoms with Crippen LogP contribution in [-0.4, -0.2) is 49.5 Å². The minimum Gasteiger partial charge on any atom is -0.365 e. The van der Waals surface area contributed by atoms with Crippen molar-refractivity contribution in [2.45, 2.75) is 25.1 Å². The zero-order chi connectivity index (χ0) is 16.0. The molecule has 0 bridgehead atoms. The summed E-state index contributed by atoms with van der Waals surface area (Å²) in [6, 6.07) is 9.69. The van der Waals surface area contributed by atoms with Gasteiger partial charge in [-0.15, -0.1) is 0 Å². The number of aryl methyl sites for hydroxylation is 1. The van der Waals surface area contributed by atoms with Crippen molar-refractivity contribution in [1.82, 2.24) is 10.2 Å². The minimum atomic E-state index is -4.32. The molecule has 1 aliphatic heterocycles. The second kappa shape index (κ2) is 7.49. The molecular formula is C15H19F3N2O2. The third kappa shape index (κ3) is 5.55. The lowest BCUT2D eigenvalue weighted by Gasteiger charge is -2.38. The molecule has 0 spiro atoms. The van der Waals surface area contributed by atoms with Crippen molar-refractivity contribution in [3.05, 3.63) is 35.9 Å². The van der Waals surface area contributed by atoms with Crippen LogP contribution in [0.1, 0.15) is 12.0 Å². The Morgan fingerprint density at radius 1 is 1.27 bits per heavy atom. The molecule has 0 unspecified atom stereocenters. The number of nitrogens with one attached hydrogen (secondary N) is 1. The van der Waals surface area contributed by atoms with Gasteiger partial charge in [0.15, 0.2) is 0 Å². The summed E-state index contributed by atoms with van der Waals surface area (Å²) in [6.07, 6.45) is -3.15. The number of nitrogens with zero attached hydrogens (tertiary/aromatic N) is 1. The summed E-state index contributed by atoms with van der Waals surface area (Å²) in [5.41, 5.74) is 1.21. The van der Waals surface area contributed by atoms with E-state index >= 15 is 0 Å². The molecule has 0 aliphatic carbocycles. The maximum Gasteiger partial charge on any atom is 0.411 e. The molecule has 2 rings (SSSR count). The maximum atomic E-state index is 12.0. The number of urea groups is 1. The lowest BCUT2D eigenvalue weighted by Crippen LogP contribution is -2.58. The van der Waals surface area contributed by atoms with E-state index in [1.165, 1.54) is 10.5 Å². The topological polar surface area (TPSA) is 41.6 Å². The molecule has 7 heteroatoms. The molecule has 22 heavy (non-hydrogen) atoms. The molecule has 1 aliphatic rings. The number of benzene rings is 1. The fourth-order valence-electron chi connectivity index (χ4n) is 2.17. The third-order valence-corrected chi connectivity index (χ3v) is 3.38. The number of hydrogen-bond donors (Lipinski definition) is 1. The van der Waals surface area contributed by atoms with E-state index < -0.39 is 18.9 Å². The van der Waals surface area contributed by atoms with Crippen LogP contribution in [0, 0.1) is 0 Å². The summed E-state index contributed by atoms with van der Waals surface area (Å²) in [5.74, 6) is 0. The van der Waals surface area contributed by atoms with Crippen LogP contribution >= 0.6 is 0 Å². The van der Waals surface area contributed by atoms with E-state index in [1.54, 1.807) is 0 Å². The third-order valence-electron chi connectivity index (χ3n) is 3.38. The van der Waals surface area contributed by atoms with Crippen molar-refractivity contribution in [2.24, 2.45) is 0 Å². The molecule has 4 nitrogen and oxygen atoms in total. The molecule has 0 saturated carbocycles. The van der Waals surface area contributed by atoms with Crippen LogP contribution in [0.3, 0.4) is 0 Å². The van der Waals surface area contributed by atoms with Crippen molar-refractivity contribution in [1.29, 1.82) is 0 Å². The van der Waals surface area contributed by atoms with Crippen LogP contribution in [0.25, 0.3) is 0 Å². The van der Waals surface area contributed by atoms with Gasteiger partial charge in [0.2, 0.25) is 0 Å². The van der Waals surface area contributed by atoms with Gasteiger partial charge in [-0.1, -0.05) is 30.3 Å². The van der Waals surface area contributed by atoms with Crippen LogP contribution < -0.4 is 5.32 Å². The zero-order valence-electron chi connectivity index (χ0n) is 12.1. The van der Waals surface area contributed by atoms with Gasteiger partial charge < -0.3 is 15.0 Å². The number of likely N-dealkylation sites (tertiary alicyclic amines) is 1. The van der Waals surface area contributed by atoms with Crippen molar-refractivity contribution in [3.63, 3.8) is 0 Å². The lowest BCUT2D eigenvalue weighted by atomic mass is 10.1. The van der Waals surface area contributed by atoms with E-state index in [9.17, 15) is 18.0 Å². The lowest BCUT2D eigenvalue weighted by molar-refractivity contribution is -0.195. The van der Waals surface area contributed by atoms with Gasteiger partial charge in [0.05, 0.1) is 19.2 Å². The summed E-state index contributed by atoms with van der Waals surface area (Å²) in [6.45, 7) is -0.302. The Morgan fingerprint density at radius 2 is 1.95 bits per heavy atom. The normalized spacial score (nSPS) is 15.5. The molecule has 1 aromatic carbocycles. The van der Waals surface area contributed by atoms with Crippen LogP contribution in [0.15, 0.2) is 30.3 Å². The Hall–Kier alpha value is -1.76. The molecular weight excluding hydrogens is 297 g/mol. The number of ether oxygens (including phenoxy) is 1. The van der Waals surface area contributed by atoms with Gasteiger partial charge in [-0.2, -0.15) is 13.2 Å². The predicted molar refractivity (Wildman–Crippen MR) is 75.5 cm³/mol. The van der Waals surface area contributed by atoms with Gasteiger partial charge in [0.1, 0.15) is 6.61 Å². The Bertz CT molecular complexity index is 473. The Labute approximate surface area is 127 Å². The first-order valence-corrected chi connectivity index (χ1v) is 7.19. The fraction of sp³-hybridized carbons (Fsp3) is 0.533. The average molecular weight is 316 g/mol. The molecule has 2 amide bonds. The van der Waals surface area contributed by atoms with Gasteiger partial charge in [-0.3, -0.25) is 0 Å². The molecule has 0 radical (unpaired) electrons. The maximum absolute atomic E-state index is 12.0. The van der Waals surface area contributed by atoms with E-state index in [1.807, 2.05) is 30.3 Å². The molecule has 1 fully saturated rings. The number of carbonyl (C=O) groups is 1. The summed E-state index contributed by atoms with van der Waals surface area (Å²) in [5, 5.41) is 2.76. The highest BCUT2D eigenvalue weighted by Gasteiger charge is 2.35. The predicted octanol–water partition coefficient (Wildman–Crippen LogP) is 2.59. The molecule has 1 N–H and O–H groups in total. The SMILES string of the molecule is O=C(NCCCc1ccccc1)N1CC(OCC(F)(F)F)C1. The van der Waals surface area contributed by atoms with E-state index in [-0.39, 0.29) is 19.1 Å². The first kappa shape index (κ1) is 16.6. The average Bonchev–Trinajstić information content (AvgIpc) is 2.42. The van der Waals surface area contributed by atoms with Crippen LogP contribution in [-0.2, 0) is 11.2 Å². The highest BCUT2D eigenvalue weighted by atomic mass is 19.4. The highest BCUT2D eigenvalue weighted by molar-refractivity contribution is 5.75. The van der Waals surface area contributed by atoms with Crippen molar-refractivity contribution >= 4 is 6.03 Å². The van der Waals surface area contributed by atoms with Crippen molar-refractivity contribution < 1.29 is 22.7 Å².